The number of rotatable bonds is 6. The molecule has 60 heavy (non-hydrogen) atoms. The topological polar surface area (TPSA) is 32.8 Å². The van der Waals surface area contributed by atoms with Crippen molar-refractivity contribution in [1.82, 2.24) is 0 Å². The summed E-state index contributed by atoms with van der Waals surface area (Å²) < 4.78 is 14.2. The van der Waals surface area contributed by atoms with Gasteiger partial charge in [-0.25, -0.2) is 0 Å². The van der Waals surface area contributed by atoms with Crippen molar-refractivity contribution in [3.8, 4) is 0 Å². The summed E-state index contributed by atoms with van der Waals surface area (Å²) in [6, 6.07) is 57.1. The maximum absolute atomic E-state index is 7.18. The molecular weight excluding hydrogens is 733 g/mol. The van der Waals surface area contributed by atoms with Gasteiger partial charge in [0.2, 0.25) is 0 Å². The number of hydrogen-bond donors (Lipinski definition) is 0. The Balaban J connectivity index is 1.28. The van der Waals surface area contributed by atoms with Crippen LogP contribution in [0.25, 0.3) is 54.6 Å². The van der Waals surface area contributed by atoms with Crippen molar-refractivity contribution < 1.29 is 8.83 Å². The zero-order valence-corrected chi connectivity index (χ0v) is 35.7. The minimum absolute atomic E-state index is 0.0267. The summed E-state index contributed by atoms with van der Waals surface area (Å²) in [4.78, 5) is 4.68. The predicted molar refractivity (Wildman–Crippen MR) is 255 cm³/mol. The highest BCUT2D eigenvalue weighted by Gasteiger charge is 2.28. The molecule has 4 nitrogen and oxygen atoms in total. The molecular formula is C56H50N2O2. The summed E-state index contributed by atoms with van der Waals surface area (Å²) in [5.41, 5.74) is 14.6. The number of fused-ring (bicyclic) bond motifs is 9. The molecule has 2 heterocycles. The third kappa shape index (κ3) is 6.30. The van der Waals surface area contributed by atoms with Crippen LogP contribution in [0.1, 0.15) is 63.8 Å². The first-order chi connectivity index (χ1) is 28.8. The molecule has 0 saturated carbocycles. The third-order valence-electron chi connectivity index (χ3n) is 12.1. The van der Waals surface area contributed by atoms with Crippen molar-refractivity contribution in [2.24, 2.45) is 0 Å². The van der Waals surface area contributed by atoms with E-state index >= 15 is 0 Å². The first-order valence-corrected chi connectivity index (χ1v) is 21.0. The minimum atomic E-state index is 0.0267. The van der Waals surface area contributed by atoms with E-state index in [1.807, 2.05) is 6.07 Å². The largest absolute Gasteiger partial charge is 0.456 e. The van der Waals surface area contributed by atoms with Crippen LogP contribution < -0.4 is 9.80 Å². The summed E-state index contributed by atoms with van der Waals surface area (Å²) in [5.74, 6) is 0. The molecule has 10 rings (SSSR count). The number of anilines is 6. The number of hydrogen-bond acceptors (Lipinski definition) is 4. The van der Waals surface area contributed by atoms with E-state index in [1.165, 1.54) is 22.3 Å². The molecule has 4 heteroatoms. The van der Waals surface area contributed by atoms with Gasteiger partial charge in [0.1, 0.15) is 16.7 Å². The molecule has 10 aromatic rings. The molecule has 8 aromatic carbocycles. The highest BCUT2D eigenvalue weighted by atomic mass is 16.3. The van der Waals surface area contributed by atoms with Crippen LogP contribution >= 0.6 is 0 Å². The number of para-hydroxylation sites is 1. The van der Waals surface area contributed by atoms with Crippen molar-refractivity contribution in [3.05, 3.63) is 180 Å². The lowest BCUT2D eigenvalue weighted by Crippen LogP contribution is -2.13. The predicted octanol–water partition coefficient (Wildman–Crippen LogP) is 16.8. The molecule has 0 bridgehead atoms. The fraction of sp³-hybridized carbons (Fsp3) is 0.179. The van der Waals surface area contributed by atoms with E-state index < -0.39 is 0 Å². The molecule has 0 aliphatic carbocycles. The van der Waals surface area contributed by atoms with Crippen molar-refractivity contribution in [2.75, 3.05) is 9.80 Å². The highest BCUT2D eigenvalue weighted by molar-refractivity contribution is 6.33. The summed E-state index contributed by atoms with van der Waals surface area (Å²) in [6.45, 7) is 17.8. The Morgan fingerprint density at radius 1 is 0.367 bits per heavy atom. The molecule has 0 spiro atoms. The van der Waals surface area contributed by atoms with Gasteiger partial charge in [-0.2, -0.15) is 0 Å². The Morgan fingerprint density at radius 3 is 1.30 bits per heavy atom. The van der Waals surface area contributed by atoms with Crippen LogP contribution in [0.15, 0.2) is 167 Å². The van der Waals surface area contributed by atoms with Gasteiger partial charge in [0, 0.05) is 61.8 Å². The maximum Gasteiger partial charge on any atom is 0.160 e. The molecule has 0 unspecified atom stereocenters. The second-order valence-electron chi connectivity index (χ2n) is 18.4. The number of benzene rings is 8. The average Bonchev–Trinajstić information content (AvgIpc) is 3.81. The van der Waals surface area contributed by atoms with Gasteiger partial charge >= 0.3 is 0 Å². The lowest BCUT2D eigenvalue weighted by Gasteiger charge is -2.28. The molecule has 0 fully saturated rings. The van der Waals surface area contributed by atoms with Crippen LogP contribution in [-0.2, 0) is 10.8 Å². The van der Waals surface area contributed by atoms with Gasteiger partial charge in [0.15, 0.2) is 5.58 Å². The zero-order chi connectivity index (χ0) is 41.5. The molecule has 2 aromatic heterocycles. The van der Waals surface area contributed by atoms with E-state index in [9.17, 15) is 0 Å². The Kier molecular flexibility index (Phi) is 8.69. The fourth-order valence-corrected chi connectivity index (χ4v) is 8.79. The second kappa shape index (κ2) is 13.9. The van der Waals surface area contributed by atoms with E-state index in [1.54, 1.807) is 0 Å². The first-order valence-electron chi connectivity index (χ1n) is 21.0. The second-order valence-corrected chi connectivity index (χ2v) is 18.4. The minimum Gasteiger partial charge on any atom is -0.456 e. The van der Waals surface area contributed by atoms with Crippen LogP contribution in [0, 0.1) is 13.8 Å². The molecule has 0 aliphatic rings. The monoisotopic (exact) mass is 782 g/mol. The van der Waals surface area contributed by atoms with Gasteiger partial charge in [-0.05, 0) is 95.8 Å². The average molecular weight is 783 g/mol. The Morgan fingerprint density at radius 2 is 0.783 bits per heavy atom. The van der Waals surface area contributed by atoms with Crippen molar-refractivity contribution >= 4 is 88.8 Å². The number of aryl methyl sites for hydroxylation is 2. The number of furan rings is 2. The summed E-state index contributed by atoms with van der Waals surface area (Å²) >= 11 is 0. The van der Waals surface area contributed by atoms with E-state index in [2.05, 4.69) is 217 Å². The van der Waals surface area contributed by atoms with E-state index in [0.717, 1.165) is 88.8 Å². The van der Waals surface area contributed by atoms with Crippen molar-refractivity contribution in [1.29, 1.82) is 0 Å². The molecule has 0 aliphatic heterocycles. The van der Waals surface area contributed by atoms with Gasteiger partial charge in [-0.15, -0.1) is 0 Å². The number of nitrogens with zero attached hydrogens (tertiary/aromatic N) is 2. The van der Waals surface area contributed by atoms with E-state index in [0.29, 0.717) is 0 Å². The van der Waals surface area contributed by atoms with Crippen LogP contribution in [0.4, 0.5) is 34.1 Å². The van der Waals surface area contributed by atoms with Crippen LogP contribution in [0.3, 0.4) is 0 Å². The maximum atomic E-state index is 7.18. The van der Waals surface area contributed by atoms with Crippen LogP contribution in [-0.4, -0.2) is 0 Å². The summed E-state index contributed by atoms with van der Waals surface area (Å²) in [7, 11) is 0. The first kappa shape index (κ1) is 37.5. The molecule has 0 N–H and O–H groups in total. The SMILES string of the molecule is Cc1ccc(N(c2ccc(C(C)(C)C)cc2)c2cc3oc4cc(N(c5ccc(C)cc5)c5ccc(C(C)(C)C)cc5)c5oc6ccccc6c5c4c3c3ccccc23)cc1. The van der Waals surface area contributed by atoms with Gasteiger partial charge in [0.05, 0.1) is 11.4 Å². The third-order valence-corrected chi connectivity index (χ3v) is 12.1. The van der Waals surface area contributed by atoms with Gasteiger partial charge < -0.3 is 18.6 Å². The quantitative estimate of drug-likeness (QED) is 0.168. The lowest BCUT2D eigenvalue weighted by molar-refractivity contribution is 0.590. The van der Waals surface area contributed by atoms with Crippen molar-refractivity contribution in [3.63, 3.8) is 0 Å². The fourth-order valence-electron chi connectivity index (χ4n) is 8.79. The Labute approximate surface area is 352 Å². The molecule has 296 valence electrons. The molecule has 0 radical (unpaired) electrons. The van der Waals surface area contributed by atoms with E-state index in [-0.39, 0.29) is 10.8 Å². The van der Waals surface area contributed by atoms with Gasteiger partial charge in [-0.3, -0.25) is 0 Å². The molecule has 0 atom stereocenters. The van der Waals surface area contributed by atoms with Crippen molar-refractivity contribution in [2.45, 2.75) is 66.2 Å². The Hall–Kier alpha value is -6.78. The molecule has 0 amide bonds. The Bertz CT molecular complexity index is 3210. The van der Waals surface area contributed by atoms with Crippen LogP contribution in [0.5, 0.6) is 0 Å². The smallest absolute Gasteiger partial charge is 0.160 e. The zero-order valence-electron chi connectivity index (χ0n) is 35.7. The van der Waals surface area contributed by atoms with E-state index in [4.69, 9.17) is 8.83 Å². The molecule has 0 saturated heterocycles. The highest BCUT2D eigenvalue weighted by Crippen LogP contribution is 2.51. The van der Waals surface area contributed by atoms with Crippen LogP contribution in [0.2, 0.25) is 0 Å². The standard InChI is InChI=1S/C56H50N2O2/c1-35-17-25-39(26-18-35)57(41-29-21-37(22-30-41)55(3,4)5)46-33-49-51(44-14-10-9-13-43(44)46)53-50(59-49)34-47(54-52(53)45-15-11-12-16-48(45)60-54)58(40-27-19-36(2)20-28-40)42-31-23-38(24-32-42)56(6,7)8/h9-34H,1-8H3. The lowest BCUT2D eigenvalue weighted by atomic mass is 9.87. The van der Waals surface area contributed by atoms with Gasteiger partial charge in [0.25, 0.3) is 0 Å². The normalized spacial score (nSPS) is 12.3. The summed E-state index contributed by atoms with van der Waals surface area (Å²) in [5, 5.41) is 6.50. The van der Waals surface area contributed by atoms with Gasteiger partial charge in [-0.1, -0.05) is 144 Å². The summed E-state index contributed by atoms with van der Waals surface area (Å²) in [6.07, 6.45) is 0.